The predicted molar refractivity (Wildman–Crippen MR) is 75.1 cm³/mol. The smallest absolute Gasteiger partial charge is 0.286 e. The summed E-state index contributed by atoms with van der Waals surface area (Å²) in [6.07, 6.45) is 0. The highest BCUT2D eigenvalue weighted by Gasteiger charge is 2.25. The third kappa shape index (κ3) is 2.83. The molecule has 1 aliphatic rings. The molecule has 0 atom stereocenters. The van der Waals surface area contributed by atoms with Gasteiger partial charge in [-0.25, -0.2) is 0 Å². The number of fused-ring (bicyclic) bond motifs is 1. The minimum Gasteiger partial charge on any atom is -0.333 e. The fourth-order valence-electron chi connectivity index (χ4n) is 1.40. The van der Waals surface area contributed by atoms with Crippen molar-refractivity contribution >= 4 is 48.6 Å². The number of hydrogen-bond donors (Lipinski definition) is 1. The van der Waals surface area contributed by atoms with Gasteiger partial charge in [0.05, 0.1) is 5.69 Å². The van der Waals surface area contributed by atoms with Crippen LogP contribution in [0.4, 0.5) is 5.69 Å². The van der Waals surface area contributed by atoms with Crippen LogP contribution in [0, 0.1) is 0 Å². The Morgan fingerprint density at radius 2 is 2.12 bits per heavy atom. The first-order valence-corrected chi connectivity index (χ1v) is 8.08. The molecule has 0 bridgehead atoms. The van der Waals surface area contributed by atoms with Crippen molar-refractivity contribution in [1.82, 2.24) is 0 Å². The lowest BCUT2D eigenvalue weighted by atomic mass is 10.3. The summed E-state index contributed by atoms with van der Waals surface area (Å²) >= 11 is 4.71. The van der Waals surface area contributed by atoms with Crippen LogP contribution in [0.3, 0.4) is 0 Å². The van der Waals surface area contributed by atoms with Crippen LogP contribution in [0.1, 0.15) is 13.8 Å². The predicted octanol–water partition coefficient (Wildman–Crippen LogP) is 3.06. The number of halogens is 1. The number of sulfonamides is 1. The van der Waals surface area contributed by atoms with Crippen molar-refractivity contribution < 1.29 is 8.42 Å². The number of hydrogen-bond acceptors (Lipinski definition) is 4. The molecule has 1 N–H and O–H groups in total. The van der Waals surface area contributed by atoms with E-state index in [1.165, 1.54) is 11.8 Å². The largest absolute Gasteiger partial charge is 0.333 e. The zero-order valence-corrected chi connectivity index (χ0v) is 12.5. The second-order valence-corrected chi connectivity index (χ2v) is 7.86. The third-order valence-electron chi connectivity index (χ3n) is 2.01. The van der Waals surface area contributed by atoms with E-state index >= 15 is 0 Å². The minimum atomic E-state index is -3.57. The zero-order valence-electron chi connectivity index (χ0n) is 9.27. The molecule has 0 spiro atoms. The molecule has 0 amide bonds. The molecule has 0 aromatic heterocycles. The minimum absolute atomic E-state index is 0.216. The van der Waals surface area contributed by atoms with E-state index in [1.807, 2.05) is 13.8 Å². The fraction of sp³-hybridized carbons (Fsp3) is 0.300. The zero-order chi connectivity index (χ0) is 12.6. The molecule has 1 aliphatic heterocycles. The number of amidine groups is 1. The number of anilines is 1. The quantitative estimate of drug-likeness (QED) is 0.857. The average molecular weight is 335 g/mol. The lowest BCUT2D eigenvalue weighted by molar-refractivity contribution is 0.598. The van der Waals surface area contributed by atoms with Crippen LogP contribution in [0.5, 0.6) is 0 Å². The summed E-state index contributed by atoms with van der Waals surface area (Å²) < 4.78 is 28.4. The van der Waals surface area contributed by atoms with Gasteiger partial charge in [0.15, 0.2) is 5.17 Å². The normalized spacial score (nSPS) is 17.3. The van der Waals surface area contributed by atoms with Crippen molar-refractivity contribution in [3.63, 3.8) is 0 Å². The average Bonchev–Trinajstić information content (AvgIpc) is 2.13. The molecule has 0 radical (unpaired) electrons. The van der Waals surface area contributed by atoms with Gasteiger partial charge < -0.3 is 5.32 Å². The number of benzene rings is 1. The summed E-state index contributed by atoms with van der Waals surface area (Å²) in [6.45, 7) is 3.97. The Hall–Kier alpha value is -0.530. The number of rotatable bonds is 1. The molecule has 0 unspecified atom stereocenters. The first-order chi connectivity index (χ1) is 7.88. The molecule has 2 rings (SSSR count). The summed E-state index contributed by atoms with van der Waals surface area (Å²) in [5, 5.41) is 3.72. The Kier molecular flexibility index (Phi) is 3.51. The Labute approximate surface area is 113 Å². The molecule has 7 heteroatoms. The highest BCUT2D eigenvalue weighted by molar-refractivity contribution is 9.10. The molecular weight excluding hydrogens is 324 g/mol. The van der Waals surface area contributed by atoms with Crippen LogP contribution >= 0.6 is 27.7 Å². The first kappa shape index (κ1) is 12.9. The molecule has 1 aromatic rings. The van der Waals surface area contributed by atoms with E-state index in [0.717, 1.165) is 4.47 Å². The molecule has 92 valence electrons. The van der Waals surface area contributed by atoms with E-state index in [0.29, 0.717) is 10.9 Å². The highest BCUT2D eigenvalue weighted by Crippen LogP contribution is 2.32. The van der Waals surface area contributed by atoms with E-state index in [-0.39, 0.29) is 10.1 Å². The molecule has 17 heavy (non-hydrogen) atoms. The maximum atomic E-state index is 11.9. The van der Waals surface area contributed by atoms with Gasteiger partial charge in [0.2, 0.25) is 0 Å². The van der Waals surface area contributed by atoms with Gasteiger partial charge >= 0.3 is 0 Å². The van der Waals surface area contributed by atoms with Gasteiger partial charge in [-0.1, -0.05) is 41.5 Å². The van der Waals surface area contributed by atoms with Crippen LogP contribution < -0.4 is 5.32 Å². The molecular formula is C10H11BrN2O2S2. The molecule has 1 heterocycles. The van der Waals surface area contributed by atoms with Crippen molar-refractivity contribution in [2.75, 3.05) is 5.32 Å². The van der Waals surface area contributed by atoms with Crippen LogP contribution in [0.2, 0.25) is 0 Å². The molecule has 0 saturated heterocycles. The van der Waals surface area contributed by atoms with Crippen LogP contribution in [0.15, 0.2) is 32.0 Å². The monoisotopic (exact) mass is 334 g/mol. The van der Waals surface area contributed by atoms with E-state index in [4.69, 9.17) is 0 Å². The number of nitrogens with zero attached hydrogens (tertiary/aromatic N) is 1. The topological polar surface area (TPSA) is 58.5 Å². The van der Waals surface area contributed by atoms with Crippen molar-refractivity contribution in [2.24, 2.45) is 4.40 Å². The molecule has 0 aliphatic carbocycles. The highest BCUT2D eigenvalue weighted by atomic mass is 79.9. The first-order valence-electron chi connectivity index (χ1n) is 4.97. The number of thioether (sulfide) groups is 1. The standard InChI is InChI=1S/C10H11BrN2O2S2/c1-6(2)16-10-12-8-5-7(11)3-4-9(8)17(14,15)13-10/h3-6H,1-2H3,(H,12,13). The summed E-state index contributed by atoms with van der Waals surface area (Å²) in [5.74, 6) is 0. The van der Waals surface area contributed by atoms with Crippen LogP contribution in [0.25, 0.3) is 0 Å². The van der Waals surface area contributed by atoms with E-state index < -0.39 is 10.0 Å². The Bertz CT molecular complexity index is 582. The lowest BCUT2D eigenvalue weighted by Crippen LogP contribution is -2.20. The van der Waals surface area contributed by atoms with Gasteiger partial charge in [0, 0.05) is 9.72 Å². The van der Waals surface area contributed by atoms with Gasteiger partial charge in [0.25, 0.3) is 10.0 Å². The Balaban J connectivity index is 2.47. The van der Waals surface area contributed by atoms with E-state index in [9.17, 15) is 8.42 Å². The molecule has 1 aromatic carbocycles. The van der Waals surface area contributed by atoms with Crippen LogP contribution in [-0.4, -0.2) is 18.8 Å². The Morgan fingerprint density at radius 1 is 1.41 bits per heavy atom. The molecule has 4 nitrogen and oxygen atoms in total. The van der Waals surface area contributed by atoms with Crippen molar-refractivity contribution in [1.29, 1.82) is 0 Å². The van der Waals surface area contributed by atoms with Crippen molar-refractivity contribution in [3.8, 4) is 0 Å². The summed E-state index contributed by atoms with van der Waals surface area (Å²) in [4.78, 5) is 0.216. The SMILES string of the molecule is CC(C)SC1=NS(=O)(=O)c2ccc(Br)cc2N1. The molecule has 0 fully saturated rings. The maximum Gasteiger partial charge on any atom is 0.286 e. The summed E-state index contributed by atoms with van der Waals surface area (Å²) in [6, 6.07) is 4.97. The van der Waals surface area contributed by atoms with E-state index in [1.54, 1.807) is 18.2 Å². The van der Waals surface area contributed by atoms with Gasteiger partial charge in [-0.2, -0.15) is 8.42 Å². The fourth-order valence-corrected chi connectivity index (χ4v) is 3.83. The third-order valence-corrected chi connectivity index (χ3v) is 4.84. The molecule has 0 saturated carbocycles. The number of nitrogens with one attached hydrogen (secondary N) is 1. The summed E-state index contributed by atoms with van der Waals surface area (Å²) in [5.41, 5.74) is 0.567. The maximum absolute atomic E-state index is 11.9. The van der Waals surface area contributed by atoms with Gasteiger partial charge in [0.1, 0.15) is 4.90 Å². The second-order valence-electron chi connectivity index (χ2n) is 3.80. The lowest BCUT2D eigenvalue weighted by Gasteiger charge is -2.18. The Morgan fingerprint density at radius 3 is 2.76 bits per heavy atom. The van der Waals surface area contributed by atoms with Gasteiger partial charge in [-0.15, -0.1) is 4.40 Å². The second kappa shape index (κ2) is 4.62. The van der Waals surface area contributed by atoms with Crippen molar-refractivity contribution in [3.05, 3.63) is 22.7 Å². The van der Waals surface area contributed by atoms with Gasteiger partial charge in [-0.05, 0) is 18.2 Å². The van der Waals surface area contributed by atoms with Crippen LogP contribution in [-0.2, 0) is 10.0 Å². The summed E-state index contributed by atoms with van der Waals surface area (Å²) in [7, 11) is -3.57. The van der Waals surface area contributed by atoms with Crippen molar-refractivity contribution in [2.45, 2.75) is 24.0 Å². The van der Waals surface area contributed by atoms with E-state index in [2.05, 4.69) is 25.6 Å². The van der Waals surface area contributed by atoms with Gasteiger partial charge in [-0.3, -0.25) is 0 Å².